The van der Waals surface area contributed by atoms with E-state index in [1.165, 1.54) is 0 Å². The third-order valence-electron chi connectivity index (χ3n) is 2.22. The highest BCUT2D eigenvalue weighted by Gasteiger charge is 2.49. The molecule has 1 rings (SSSR count). The van der Waals surface area contributed by atoms with E-state index in [-0.39, 0.29) is 17.6 Å². The van der Waals surface area contributed by atoms with Crippen LogP contribution in [0.1, 0.15) is 27.2 Å². The number of ketones is 1. The van der Waals surface area contributed by atoms with Crippen LogP contribution in [0.5, 0.6) is 0 Å². The number of hydrogen-bond acceptors (Lipinski definition) is 2. The summed E-state index contributed by atoms with van der Waals surface area (Å²) < 4.78 is 0. The average molecular weight is 142 g/mol. The Kier molecular flexibility index (Phi) is 1.59. The normalized spacial score (nSPS) is 32.0. The van der Waals surface area contributed by atoms with Gasteiger partial charge >= 0.3 is 0 Å². The molecule has 0 heterocycles. The van der Waals surface area contributed by atoms with E-state index < -0.39 is 5.60 Å². The number of carbonyl (C=O) groups is 1. The first-order valence-corrected chi connectivity index (χ1v) is 3.65. The van der Waals surface area contributed by atoms with Gasteiger partial charge in [-0.05, 0) is 33.1 Å². The van der Waals surface area contributed by atoms with Crippen LogP contribution in [0.4, 0.5) is 0 Å². The fourth-order valence-electron chi connectivity index (χ4n) is 1.43. The summed E-state index contributed by atoms with van der Waals surface area (Å²) in [5, 5.41) is 9.42. The zero-order chi connectivity index (χ0) is 7.94. The molecule has 0 aromatic heterocycles. The molecule has 2 atom stereocenters. The summed E-state index contributed by atoms with van der Waals surface area (Å²) in [4.78, 5) is 10.8. The lowest BCUT2D eigenvalue weighted by Crippen LogP contribution is -2.23. The predicted molar refractivity (Wildman–Crippen MR) is 38.6 cm³/mol. The van der Waals surface area contributed by atoms with Gasteiger partial charge in [0.1, 0.15) is 5.78 Å². The maximum Gasteiger partial charge on any atom is 0.133 e. The van der Waals surface area contributed by atoms with Gasteiger partial charge in [0.25, 0.3) is 0 Å². The molecule has 58 valence electrons. The molecule has 0 aromatic rings. The second-order valence-corrected chi connectivity index (χ2v) is 3.71. The van der Waals surface area contributed by atoms with E-state index in [0.717, 1.165) is 6.42 Å². The topological polar surface area (TPSA) is 37.3 Å². The van der Waals surface area contributed by atoms with E-state index >= 15 is 0 Å². The molecule has 2 unspecified atom stereocenters. The van der Waals surface area contributed by atoms with Crippen molar-refractivity contribution in [1.82, 2.24) is 0 Å². The van der Waals surface area contributed by atoms with Crippen molar-refractivity contribution < 1.29 is 9.90 Å². The molecule has 0 aliphatic heterocycles. The number of carbonyl (C=O) groups excluding carboxylic acids is 1. The molecular weight excluding hydrogens is 128 g/mol. The molecule has 2 nitrogen and oxygen atoms in total. The van der Waals surface area contributed by atoms with Crippen LogP contribution >= 0.6 is 0 Å². The lowest BCUT2D eigenvalue weighted by atomic mass is 10.0. The fourth-order valence-corrected chi connectivity index (χ4v) is 1.43. The van der Waals surface area contributed by atoms with Crippen molar-refractivity contribution in [3.8, 4) is 0 Å². The molecule has 0 radical (unpaired) electrons. The van der Waals surface area contributed by atoms with Crippen LogP contribution < -0.4 is 0 Å². The van der Waals surface area contributed by atoms with Gasteiger partial charge in [0.05, 0.1) is 5.60 Å². The second kappa shape index (κ2) is 2.06. The van der Waals surface area contributed by atoms with Crippen LogP contribution in [-0.2, 0) is 4.79 Å². The Morgan fingerprint density at radius 3 is 2.20 bits per heavy atom. The van der Waals surface area contributed by atoms with Crippen molar-refractivity contribution in [2.75, 3.05) is 0 Å². The Balaban J connectivity index is 2.46. The van der Waals surface area contributed by atoms with Crippen LogP contribution in [0.25, 0.3) is 0 Å². The molecule has 10 heavy (non-hydrogen) atoms. The molecule has 0 aromatic carbocycles. The molecule has 1 aliphatic carbocycles. The molecule has 1 aliphatic rings. The first-order chi connectivity index (χ1) is 4.43. The predicted octanol–water partition coefficient (Wildman–Crippen LogP) is 0.982. The van der Waals surface area contributed by atoms with Crippen LogP contribution in [-0.4, -0.2) is 16.5 Å². The van der Waals surface area contributed by atoms with Crippen LogP contribution in [0.2, 0.25) is 0 Å². The smallest absolute Gasteiger partial charge is 0.133 e. The molecule has 1 fully saturated rings. The summed E-state index contributed by atoms with van der Waals surface area (Å²) in [5.74, 6) is 0.567. The molecule has 0 bridgehead atoms. The zero-order valence-corrected chi connectivity index (χ0v) is 6.72. The van der Waals surface area contributed by atoms with Crippen LogP contribution in [0.3, 0.4) is 0 Å². The van der Waals surface area contributed by atoms with Crippen LogP contribution in [0, 0.1) is 11.8 Å². The van der Waals surface area contributed by atoms with E-state index in [4.69, 9.17) is 0 Å². The van der Waals surface area contributed by atoms with E-state index in [0.29, 0.717) is 0 Å². The average Bonchev–Trinajstić information content (AvgIpc) is 2.35. The van der Waals surface area contributed by atoms with Crippen molar-refractivity contribution in [3.63, 3.8) is 0 Å². The summed E-state index contributed by atoms with van der Waals surface area (Å²) in [5.41, 5.74) is -0.656. The Hall–Kier alpha value is -0.370. The highest BCUT2D eigenvalue weighted by atomic mass is 16.3. The van der Waals surface area contributed by atoms with Gasteiger partial charge in [0.15, 0.2) is 0 Å². The van der Waals surface area contributed by atoms with E-state index in [1.807, 2.05) is 0 Å². The van der Waals surface area contributed by atoms with Crippen molar-refractivity contribution in [3.05, 3.63) is 0 Å². The molecule has 1 saturated carbocycles. The third-order valence-corrected chi connectivity index (χ3v) is 2.22. The highest BCUT2D eigenvalue weighted by molar-refractivity contribution is 5.81. The molecule has 1 N–H and O–H groups in total. The van der Waals surface area contributed by atoms with Gasteiger partial charge in [0, 0.05) is 5.92 Å². The Morgan fingerprint density at radius 2 is 2.10 bits per heavy atom. The maximum absolute atomic E-state index is 10.8. The SMILES string of the molecule is CC(=O)C1CC1C(C)(C)O. The third kappa shape index (κ3) is 1.37. The van der Waals surface area contributed by atoms with Gasteiger partial charge in [-0.1, -0.05) is 0 Å². The minimum absolute atomic E-state index is 0.139. The first-order valence-electron chi connectivity index (χ1n) is 3.65. The number of aliphatic hydroxyl groups is 1. The maximum atomic E-state index is 10.8. The van der Waals surface area contributed by atoms with Gasteiger partial charge < -0.3 is 5.11 Å². The van der Waals surface area contributed by atoms with Crippen molar-refractivity contribution in [2.24, 2.45) is 11.8 Å². The van der Waals surface area contributed by atoms with Gasteiger partial charge in [-0.3, -0.25) is 4.79 Å². The standard InChI is InChI=1S/C8H14O2/c1-5(9)6-4-7(6)8(2,3)10/h6-7,10H,4H2,1-3H3. The van der Waals surface area contributed by atoms with Gasteiger partial charge in [-0.25, -0.2) is 0 Å². The number of Topliss-reactive ketones (excluding diaryl/α,β-unsaturated/α-hetero) is 1. The van der Waals surface area contributed by atoms with Crippen molar-refractivity contribution in [2.45, 2.75) is 32.8 Å². The summed E-state index contributed by atoms with van der Waals surface area (Å²) >= 11 is 0. The lowest BCUT2D eigenvalue weighted by Gasteiger charge is -2.15. The Bertz CT molecular complexity index is 155. The molecule has 0 amide bonds. The molecule has 2 heteroatoms. The molecule has 0 spiro atoms. The zero-order valence-electron chi connectivity index (χ0n) is 6.72. The van der Waals surface area contributed by atoms with E-state index in [2.05, 4.69) is 0 Å². The highest BCUT2D eigenvalue weighted by Crippen LogP contribution is 2.46. The Labute approximate surface area is 61.2 Å². The minimum atomic E-state index is -0.656. The number of hydrogen-bond donors (Lipinski definition) is 1. The van der Waals surface area contributed by atoms with Crippen molar-refractivity contribution in [1.29, 1.82) is 0 Å². The number of rotatable bonds is 2. The lowest BCUT2D eigenvalue weighted by molar-refractivity contribution is -0.119. The first kappa shape index (κ1) is 7.73. The largest absolute Gasteiger partial charge is 0.390 e. The summed E-state index contributed by atoms with van der Waals surface area (Å²) in [6.45, 7) is 5.12. The molecular formula is C8H14O2. The summed E-state index contributed by atoms with van der Waals surface area (Å²) in [6.07, 6.45) is 0.874. The van der Waals surface area contributed by atoms with E-state index in [1.54, 1.807) is 20.8 Å². The summed E-state index contributed by atoms with van der Waals surface area (Å²) in [7, 11) is 0. The second-order valence-electron chi connectivity index (χ2n) is 3.71. The Morgan fingerprint density at radius 1 is 1.60 bits per heavy atom. The summed E-state index contributed by atoms with van der Waals surface area (Å²) in [6, 6.07) is 0. The van der Waals surface area contributed by atoms with Gasteiger partial charge in [-0.15, -0.1) is 0 Å². The van der Waals surface area contributed by atoms with Crippen LogP contribution in [0.15, 0.2) is 0 Å². The van der Waals surface area contributed by atoms with Gasteiger partial charge in [-0.2, -0.15) is 0 Å². The quantitative estimate of drug-likeness (QED) is 0.624. The van der Waals surface area contributed by atoms with Crippen molar-refractivity contribution >= 4 is 5.78 Å². The monoisotopic (exact) mass is 142 g/mol. The minimum Gasteiger partial charge on any atom is -0.390 e. The molecule has 0 saturated heterocycles. The van der Waals surface area contributed by atoms with E-state index in [9.17, 15) is 9.90 Å². The van der Waals surface area contributed by atoms with Gasteiger partial charge in [0.2, 0.25) is 0 Å². The fraction of sp³-hybridized carbons (Fsp3) is 0.875.